The maximum absolute atomic E-state index is 12.6. The molecule has 1 N–H and O–H groups in total. The first kappa shape index (κ1) is 17.0. The molecule has 22 heavy (non-hydrogen) atoms. The summed E-state index contributed by atoms with van der Waals surface area (Å²) in [5, 5.41) is 0. The minimum atomic E-state index is -3.28. The summed E-state index contributed by atoms with van der Waals surface area (Å²) in [6, 6.07) is 1.52. The molecule has 1 aliphatic heterocycles. The van der Waals surface area contributed by atoms with Crippen molar-refractivity contribution in [2.24, 2.45) is 5.92 Å². The van der Waals surface area contributed by atoms with Gasteiger partial charge in [0.05, 0.1) is 11.8 Å². The summed E-state index contributed by atoms with van der Waals surface area (Å²) in [5.41, 5.74) is 0.563. The number of nitrogens with zero attached hydrogens (tertiary/aromatic N) is 1. The predicted octanol–water partition coefficient (Wildman–Crippen LogP) is 1.69. The Bertz CT molecular complexity index is 650. The second-order valence-corrected chi connectivity index (χ2v) is 7.86. The number of furan rings is 1. The molecule has 0 aliphatic carbocycles. The molecule has 0 unspecified atom stereocenters. The van der Waals surface area contributed by atoms with Crippen LogP contribution >= 0.6 is 0 Å². The van der Waals surface area contributed by atoms with Crippen molar-refractivity contribution in [2.75, 3.05) is 19.3 Å². The van der Waals surface area contributed by atoms with Gasteiger partial charge < -0.3 is 9.32 Å². The minimum Gasteiger partial charge on any atom is -0.466 e. The number of likely N-dealkylation sites (tertiary alicyclic amines) is 1. The maximum Gasteiger partial charge on any atom is 0.257 e. The van der Waals surface area contributed by atoms with Gasteiger partial charge in [0.25, 0.3) is 5.91 Å². The smallest absolute Gasteiger partial charge is 0.257 e. The lowest BCUT2D eigenvalue weighted by Crippen LogP contribution is -2.40. The lowest BCUT2D eigenvalue weighted by Gasteiger charge is -2.17. The number of hydrogen-bond donors (Lipinski definition) is 1. The van der Waals surface area contributed by atoms with Crippen LogP contribution in [0.3, 0.4) is 0 Å². The highest BCUT2D eigenvalue weighted by Gasteiger charge is 2.37. The third-order valence-corrected chi connectivity index (χ3v) is 4.76. The van der Waals surface area contributed by atoms with Crippen LogP contribution in [0.4, 0.5) is 0 Å². The summed E-state index contributed by atoms with van der Waals surface area (Å²) in [7, 11) is -3.28. The molecule has 1 aliphatic rings. The maximum atomic E-state index is 12.6. The molecule has 1 fully saturated rings. The molecule has 7 heteroatoms. The fourth-order valence-electron chi connectivity index (χ4n) is 3.12. The lowest BCUT2D eigenvalue weighted by atomic mass is 9.99. The number of amides is 1. The zero-order chi connectivity index (χ0) is 16.5. The Morgan fingerprint density at radius 1 is 1.41 bits per heavy atom. The zero-order valence-corrected chi connectivity index (χ0v) is 14.4. The fourth-order valence-corrected chi connectivity index (χ4v) is 3.94. The van der Waals surface area contributed by atoms with Crippen LogP contribution in [0.1, 0.15) is 41.6 Å². The minimum absolute atomic E-state index is 0.0896. The van der Waals surface area contributed by atoms with E-state index in [2.05, 4.69) is 11.6 Å². The van der Waals surface area contributed by atoms with Gasteiger partial charge in [-0.1, -0.05) is 13.3 Å². The molecule has 2 rings (SSSR count). The molecule has 1 saturated heterocycles. The summed E-state index contributed by atoms with van der Waals surface area (Å²) >= 11 is 0. The van der Waals surface area contributed by atoms with Gasteiger partial charge in [0, 0.05) is 19.1 Å². The first-order valence-electron chi connectivity index (χ1n) is 7.55. The van der Waals surface area contributed by atoms with Crippen molar-refractivity contribution in [2.45, 2.75) is 39.7 Å². The second kappa shape index (κ2) is 6.42. The molecule has 0 aromatic carbocycles. The van der Waals surface area contributed by atoms with Crippen molar-refractivity contribution < 1.29 is 17.6 Å². The lowest BCUT2D eigenvalue weighted by molar-refractivity contribution is 0.0783. The van der Waals surface area contributed by atoms with E-state index in [9.17, 15) is 13.2 Å². The van der Waals surface area contributed by atoms with Crippen LogP contribution in [-0.4, -0.2) is 44.6 Å². The van der Waals surface area contributed by atoms with E-state index in [0.717, 1.165) is 19.1 Å². The summed E-state index contributed by atoms with van der Waals surface area (Å²) in [5.74, 6) is 1.37. The zero-order valence-electron chi connectivity index (χ0n) is 13.5. The number of carbonyl (C=O) groups excluding carboxylic acids is 1. The Balaban J connectivity index is 2.16. The Hall–Kier alpha value is -1.34. The van der Waals surface area contributed by atoms with E-state index in [1.807, 2.05) is 6.92 Å². The Labute approximate surface area is 131 Å². The van der Waals surface area contributed by atoms with Crippen molar-refractivity contribution in [3.63, 3.8) is 0 Å². The average molecular weight is 328 g/mol. The van der Waals surface area contributed by atoms with E-state index in [1.165, 1.54) is 0 Å². The van der Waals surface area contributed by atoms with Crippen LogP contribution in [0.5, 0.6) is 0 Å². The van der Waals surface area contributed by atoms with E-state index < -0.39 is 10.0 Å². The fraction of sp³-hybridized carbons (Fsp3) is 0.667. The number of sulfonamides is 1. The molecule has 2 heterocycles. The van der Waals surface area contributed by atoms with Gasteiger partial charge in [0.2, 0.25) is 10.0 Å². The van der Waals surface area contributed by atoms with Gasteiger partial charge in [-0.05, 0) is 32.3 Å². The van der Waals surface area contributed by atoms with Crippen molar-refractivity contribution in [3.8, 4) is 0 Å². The van der Waals surface area contributed by atoms with Gasteiger partial charge in [-0.25, -0.2) is 13.1 Å². The van der Waals surface area contributed by atoms with Crippen molar-refractivity contribution in [3.05, 3.63) is 23.2 Å². The van der Waals surface area contributed by atoms with Crippen molar-refractivity contribution >= 4 is 15.9 Å². The molecular formula is C15H24N2O4S. The summed E-state index contributed by atoms with van der Waals surface area (Å²) in [4.78, 5) is 14.4. The molecule has 0 saturated carbocycles. The first-order chi connectivity index (χ1) is 10.2. The van der Waals surface area contributed by atoms with Crippen LogP contribution < -0.4 is 4.72 Å². The van der Waals surface area contributed by atoms with Gasteiger partial charge in [-0.15, -0.1) is 0 Å². The van der Waals surface area contributed by atoms with Crippen LogP contribution in [0.25, 0.3) is 0 Å². The summed E-state index contributed by atoms with van der Waals surface area (Å²) in [6.07, 6.45) is 3.00. The number of hydrogen-bond acceptors (Lipinski definition) is 4. The Morgan fingerprint density at radius 2 is 2.09 bits per heavy atom. The quantitative estimate of drug-likeness (QED) is 0.892. The molecule has 1 aromatic rings. The van der Waals surface area contributed by atoms with Gasteiger partial charge in [-0.3, -0.25) is 4.79 Å². The largest absolute Gasteiger partial charge is 0.466 e. The van der Waals surface area contributed by atoms with Gasteiger partial charge in [0.1, 0.15) is 11.5 Å². The third-order valence-electron chi connectivity index (χ3n) is 4.02. The molecule has 124 valence electrons. The molecule has 1 aromatic heterocycles. The Morgan fingerprint density at radius 3 is 2.59 bits per heavy atom. The number of rotatable bonds is 5. The summed E-state index contributed by atoms with van der Waals surface area (Å²) < 4.78 is 31.1. The van der Waals surface area contributed by atoms with Crippen LogP contribution in [0, 0.1) is 19.8 Å². The van der Waals surface area contributed by atoms with E-state index in [1.54, 1.807) is 17.9 Å². The highest BCUT2D eigenvalue weighted by atomic mass is 32.2. The Kier molecular flexibility index (Phi) is 4.97. The molecule has 6 nitrogen and oxygen atoms in total. The molecule has 0 spiro atoms. The normalized spacial score (nSPS) is 22.3. The standard InChI is InChI=1S/C15H24N2O4S/c1-5-6-12-8-17(9-14(12)16-22(4,19)20)15(18)13-7-10(2)21-11(13)3/h7,12,14,16H,5-6,8-9H2,1-4H3/t12-,14-/m1/s1. The van der Waals surface area contributed by atoms with Gasteiger partial charge in [0.15, 0.2) is 0 Å². The highest BCUT2D eigenvalue weighted by Crippen LogP contribution is 2.25. The van der Waals surface area contributed by atoms with Crippen molar-refractivity contribution in [1.82, 2.24) is 9.62 Å². The van der Waals surface area contributed by atoms with E-state index in [0.29, 0.717) is 30.2 Å². The molecule has 1 amide bonds. The van der Waals surface area contributed by atoms with Crippen LogP contribution in [0.15, 0.2) is 10.5 Å². The number of carbonyl (C=O) groups is 1. The molecular weight excluding hydrogens is 304 g/mol. The molecule has 2 atom stereocenters. The summed E-state index contributed by atoms with van der Waals surface area (Å²) in [6.45, 7) is 6.61. The van der Waals surface area contributed by atoms with Crippen LogP contribution in [-0.2, 0) is 10.0 Å². The SMILES string of the molecule is CCC[C@@H]1CN(C(=O)c2cc(C)oc2C)C[C@H]1NS(C)(=O)=O. The van der Waals surface area contributed by atoms with E-state index in [4.69, 9.17) is 4.42 Å². The van der Waals surface area contributed by atoms with Gasteiger partial charge in [-0.2, -0.15) is 0 Å². The molecule has 0 bridgehead atoms. The predicted molar refractivity (Wildman–Crippen MR) is 84.3 cm³/mol. The third kappa shape index (κ3) is 3.89. The monoisotopic (exact) mass is 328 g/mol. The second-order valence-electron chi connectivity index (χ2n) is 6.08. The number of aryl methyl sites for hydroxylation is 2. The van der Waals surface area contributed by atoms with E-state index in [-0.39, 0.29) is 17.9 Å². The molecule has 0 radical (unpaired) electrons. The van der Waals surface area contributed by atoms with E-state index >= 15 is 0 Å². The first-order valence-corrected chi connectivity index (χ1v) is 9.44. The van der Waals surface area contributed by atoms with Crippen LogP contribution in [0.2, 0.25) is 0 Å². The average Bonchev–Trinajstić information content (AvgIpc) is 2.91. The van der Waals surface area contributed by atoms with Crippen molar-refractivity contribution in [1.29, 1.82) is 0 Å². The topological polar surface area (TPSA) is 79.6 Å². The van der Waals surface area contributed by atoms with Gasteiger partial charge >= 0.3 is 0 Å². The number of nitrogens with one attached hydrogen (secondary N) is 1. The highest BCUT2D eigenvalue weighted by molar-refractivity contribution is 7.88.